The van der Waals surface area contributed by atoms with Gasteiger partial charge in [0.25, 0.3) is 5.91 Å². The van der Waals surface area contributed by atoms with Gasteiger partial charge in [-0.3, -0.25) is 10.2 Å². The molecule has 6 N–H and O–H groups in total. The van der Waals surface area contributed by atoms with Crippen molar-refractivity contribution < 1.29 is 13.2 Å². The number of fused-ring (bicyclic) bond motifs is 1. The van der Waals surface area contributed by atoms with Crippen LogP contribution in [-0.2, 0) is 14.8 Å². The van der Waals surface area contributed by atoms with Crippen LogP contribution >= 0.6 is 12.4 Å². The molecule has 24 heavy (non-hydrogen) atoms. The van der Waals surface area contributed by atoms with Crippen LogP contribution in [0.4, 0.5) is 17.1 Å². The fraction of sp³-hybridized carbons (Fsp3) is 0. The minimum atomic E-state index is -3.75. The largest absolute Gasteiger partial charge is 0.399 e. The van der Waals surface area contributed by atoms with Gasteiger partial charge in [-0.15, -0.1) is 12.4 Å². The van der Waals surface area contributed by atoms with Gasteiger partial charge in [-0.1, -0.05) is 0 Å². The summed E-state index contributed by atoms with van der Waals surface area (Å²) < 4.78 is 22.4. The third kappa shape index (κ3) is 3.48. The lowest BCUT2D eigenvalue weighted by Gasteiger charge is -2.03. The van der Waals surface area contributed by atoms with Gasteiger partial charge in [0.05, 0.1) is 16.3 Å². The Morgan fingerprint density at radius 3 is 2.38 bits per heavy atom. The molecule has 1 aliphatic heterocycles. The van der Waals surface area contributed by atoms with Crippen molar-refractivity contribution >= 4 is 51.1 Å². The highest BCUT2D eigenvalue weighted by molar-refractivity contribution is 7.89. The van der Waals surface area contributed by atoms with Crippen LogP contribution in [-0.4, -0.2) is 20.0 Å². The summed E-state index contributed by atoms with van der Waals surface area (Å²) in [6.45, 7) is 0. The zero-order valence-electron chi connectivity index (χ0n) is 12.2. The molecule has 8 nitrogen and oxygen atoms in total. The van der Waals surface area contributed by atoms with E-state index >= 15 is 0 Å². The predicted octanol–water partition coefficient (Wildman–Crippen LogP) is 1.11. The predicted molar refractivity (Wildman–Crippen MR) is 94.7 cm³/mol. The molecule has 10 heteroatoms. The molecule has 1 amide bonds. The van der Waals surface area contributed by atoms with Crippen LogP contribution in [0.1, 0.15) is 5.56 Å². The van der Waals surface area contributed by atoms with Crippen LogP contribution in [0, 0.1) is 0 Å². The van der Waals surface area contributed by atoms with E-state index in [-0.39, 0.29) is 28.9 Å². The van der Waals surface area contributed by atoms with Gasteiger partial charge in [0.2, 0.25) is 10.0 Å². The number of primary sulfonamides is 1. The molecule has 0 spiro atoms. The number of nitrogens with two attached hydrogens (primary N) is 2. The van der Waals surface area contributed by atoms with E-state index in [4.69, 9.17) is 10.9 Å². The highest BCUT2D eigenvalue weighted by atomic mass is 35.5. The average Bonchev–Trinajstić information content (AvgIpc) is 2.79. The Morgan fingerprint density at radius 2 is 1.75 bits per heavy atom. The molecule has 1 heterocycles. The van der Waals surface area contributed by atoms with Gasteiger partial charge in [-0.05, 0) is 42.5 Å². The zero-order chi connectivity index (χ0) is 16.6. The molecule has 0 radical (unpaired) electrons. The van der Waals surface area contributed by atoms with Crippen LogP contribution in [0.2, 0.25) is 0 Å². The minimum Gasteiger partial charge on any atom is -0.399 e. The number of benzene rings is 2. The summed E-state index contributed by atoms with van der Waals surface area (Å²) in [5, 5.41) is 11.8. The van der Waals surface area contributed by atoms with Crippen molar-refractivity contribution in [2.24, 2.45) is 10.2 Å². The number of nitrogen functional groups attached to an aromatic ring is 1. The molecule has 0 unspecified atom stereocenters. The van der Waals surface area contributed by atoms with Crippen molar-refractivity contribution in [1.82, 2.24) is 0 Å². The zero-order valence-corrected chi connectivity index (χ0v) is 13.8. The number of hydrazone groups is 1. The quantitative estimate of drug-likeness (QED) is 0.475. The maximum atomic E-state index is 11.9. The number of amides is 1. The molecule has 0 bridgehead atoms. The number of nitrogens with zero attached hydrogens (tertiary/aromatic N) is 1. The van der Waals surface area contributed by atoms with E-state index in [9.17, 15) is 13.2 Å². The van der Waals surface area contributed by atoms with E-state index in [1.807, 2.05) is 0 Å². The average molecular weight is 368 g/mol. The topological polar surface area (TPSA) is 140 Å². The molecule has 1 aliphatic rings. The van der Waals surface area contributed by atoms with Gasteiger partial charge in [0.1, 0.15) is 0 Å². The Labute approximate surface area is 144 Å². The number of hydrogen-bond acceptors (Lipinski definition) is 6. The monoisotopic (exact) mass is 367 g/mol. The maximum absolute atomic E-state index is 11.9. The summed E-state index contributed by atoms with van der Waals surface area (Å²) in [5.74, 6) is -0.348. The van der Waals surface area contributed by atoms with Crippen molar-refractivity contribution in [3.8, 4) is 0 Å². The Kier molecular flexibility index (Phi) is 4.78. The molecule has 0 aliphatic carbocycles. The first-order chi connectivity index (χ1) is 10.8. The molecule has 0 atom stereocenters. The van der Waals surface area contributed by atoms with Crippen molar-refractivity contribution in [1.29, 1.82) is 0 Å². The smallest absolute Gasteiger partial charge is 0.276 e. The summed E-state index contributed by atoms with van der Waals surface area (Å²) in [6, 6.07) is 10.7. The van der Waals surface area contributed by atoms with Crippen LogP contribution in [0.25, 0.3) is 0 Å². The third-order valence-electron chi connectivity index (χ3n) is 3.24. The highest BCUT2D eigenvalue weighted by Crippen LogP contribution is 2.25. The second-order valence-electron chi connectivity index (χ2n) is 4.90. The lowest BCUT2D eigenvalue weighted by atomic mass is 10.1. The molecule has 126 valence electrons. The Morgan fingerprint density at radius 1 is 1.08 bits per heavy atom. The lowest BCUT2D eigenvalue weighted by Crippen LogP contribution is -2.16. The van der Waals surface area contributed by atoms with Crippen molar-refractivity contribution in [3.63, 3.8) is 0 Å². The Balaban J connectivity index is 0.00000208. The van der Waals surface area contributed by atoms with E-state index in [0.717, 1.165) is 0 Å². The van der Waals surface area contributed by atoms with Gasteiger partial charge in [-0.2, -0.15) is 5.10 Å². The Hall–Kier alpha value is -2.62. The molecule has 2 aromatic carbocycles. The van der Waals surface area contributed by atoms with Crippen LogP contribution in [0.3, 0.4) is 0 Å². The first-order valence-corrected chi connectivity index (χ1v) is 8.07. The number of carbonyl (C=O) groups is 1. The van der Waals surface area contributed by atoms with E-state index in [2.05, 4.69) is 15.8 Å². The highest BCUT2D eigenvalue weighted by Gasteiger charge is 2.26. The van der Waals surface area contributed by atoms with E-state index in [0.29, 0.717) is 22.6 Å². The van der Waals surface area contributed by atoms with Crippen LogP contribution < -0.4 is 21.6 Å². The van der Waals surface area contributed by atoms with E-state index in [1.165, 1.54) is 24.3 Å². The summed E-state index contributed by atoms with van der Waals surface area (Å²) in [4.78, 5) is 11.9. The Bertz CT molecular complexity index is 926. The fourth-order valence-corrected chi connectivity index (χ4v) is 2.64. The summed E-state index contributed by atoms with van der Waals surface area (Å²) in [7, 11) is -3.75. The summed E-state index contributed by atoms with van der Waals surface area (Å²) in [6.07, 6.45) is 0. The van der Waals surface area contributed by atoms with Crippen LogP contribution in [0.5, 0.6) is 0 Å². The molecule has 3 rings (SSSR count). The number of halogens is 1. The fourth-order valence-electron chi connectivity index (χ4n) is 2.12. The molecule has 2 aromatic rings. The molecular formula is C14H14ClN5O3S. The number of rotatable bonds is 3. The third-order valence-corrected chi connectivity index (χ3v) is 4.17. The molecule has 0 fully saturated rings. The second kappa shape index (κ2) is 6.48. The first kappa shape index (κ1) is 17.7. The minimum absolute atomic E-state index is 0. The SMILES string of the molecule is Cl.Nc1ccc2c(c1)/C(=N/Nc1ccc(S(N)(=O)=O)cc1)C(=O)N2. The molecule has 0 saturated carbocycles. The molecular weight excluding hydrogens is 354 g/mol. The molecule has 0 aromatic heterocycles. The second-order valence-corrected chi connectivity index (χ2v) is 6.46. The number of anilines is 3. The summed E-state index contributed by atoms with van der Waals surface area (Å²) >= 11 is 0. The van der Waals surface area contributed by atoms with Crippen molar-refractivity contribution in [3.05, 3.63) is 48.0 Å². The standard InChI is InChI=1S/C14H13N5O3S.ClH/c15-8-1-6-12-11(7-8)13(14(20)17-12)19-18-9-2-4-10(5-3-9)23(16,21)22;/h1-7,18H,15H2,(H2,16,21,22)(H,17,19,20);1H. The number of hydrogen-bond donors (Lipinski definition) is 4. The van der Waals surface area contributed by atoms with Gasteiger partial charge >= 0.3 is 0 Å². The number of sulfonamides is 1. The van der Waals surface area contributed by atoms with Gasteiger partial charge < -0.3 is 11.1 Å². The van der Waals surface area contributed by atoms with Gasteiger partial charge in [0, 0.05) is 11.3 Å². The number of carbonyl (C=O) groups excluding carboxylic acids is 1. The van der Waals surface area contributed by atoms with E-state index < -0.39 is 10.0 Å². The lowest BCUT2D eigenvalue weighted by molar-refractivity contribution is -0.110. The normalized spacial score (nSPS) is 14.7. The van der Waals surface area contributed by atoms with Crippen molar-refractivity contribution in [2.75, 3.05) is 16.5 Å². The molecule has 0 saturated heterocycles. The maximum Gasteiger partial charge on any atom is 0.276 e. The van der Waals surface area contributed by atoms with Gasteiger partial charge in [-0.25, -0.2) is 13.6 Å². The van der Waals surface area contributed by atoms with E-state index in [1.54, 1.807) is 18.2 Å². The van der Waals surface area contributed by atoms with Crippen molar-refractivity contribution in [2.45, 2.75) is 4.90 Å². The number of nitrogens with one attached hydrogen (secondary N) is 2. The van der Waals surface area contributed by atoms with Gasteiger partial charge in [0.15, 0.2) is 5.71 Å². The van der Waals surface area contributed by atoms with Crippen LogP contribution in [0.15, 0.2) is 52.5 Å². The first-order valence-electron chi connectivity index (χ1n) is 6.52. The summed E-state index contributed by atoms with van der Waals surface area (Å²) in [5.41, 5.74) is 10.9.